The maximum atomic E-state index is 13.5. The minimum absolute atomic E-state index is 0.0850. The van der Waals surface area contributed by atoms with Crippen molar-refractivity contribution in [2.24, 2.45) is 0 Å². The number of hydrogen-bond acceptors (Lipinski definition) is 6. The van der Waals surface area contributed by atoms with Gasteiger partial charge in [-0.25, -0.2) is 0 Å². The number of anilines is 1. The predicted molar refractivity (Wildman–Crippen MR) is 120 cm³/mol. The van der Waals surface area contributed by atoms with E-state index in [4.69, 9.17) is 0 Å². The summed E-state index contributed by atoms with van der Waals surface area (Å²) in [5, 5.41) is 8.43. The van der Waals surface area contributed by atoms with Crippen molar-refractivity contribution >= 4 is 34.8 Å². The van der Waals surface area contributed by atoms with Gasteiger partial charge in [-0.15, -0.1) is 5.10 Å². The fourth-order valence-corrected chi connectivity index (χ4v) is 3.54. The maximum Gasteiger partial charge on any atom is 0.280 e. The highest BCUT2D eigenvalue weighted by atomic mass is 32.1. The Morgan fingerprint density at radius 1 is 1.00 bits per heavy atom. The van der Waals surface area contributed by atoms with E-state index in [1.54, 1.807) is 41.8 Å². The first kappa shape index (κ1) is 22.3. The van der Waals surface area contributed by atoms with Crippen LogP contribution < -0.4 is 10.2 Å². The van der Waals surface area contributed by atoms with Crippen molar-refractivity contribution in [1.82, 2.24) is 14.9 Å². The SMILES string of the molecule is CC(=O)c1ccc(N(C(=O)c2csnn2)C(C(=O)NC(C)(C)C)c2ccccc2)cc1. The normalized spacial score (nSPS) is 12.1. The topological polar surface area (TPSA) is 92.3 Å². The minimum Gasteiger partial charge on any atom is -0.349 e. The third-order valence-electron chi connectivity index (χ3n) is 4.47. The molecule has 2 amide bonds. The number of ketones is 1. The smallest absolute Gasteiger partial charge is 0.280 e. The van der Waals surface area contributed by atoms with Crippen LogP contribution in [0.2, 0.25) is 0 Å². The molecule has 2 aromatic carbocycles. The van der Waals surface area contributed by atoms with Crippen LogP contribution in [0.25, 0.3) is 0 Å². The predicted octanol–water partition coefficient (Wildman–Crippen LogP) is 4.04. The van der Waals surface area contributed by atoms with Crippen LogP contribution in [-0.4, -0.2) is 32.7 Å². The van der Waals surface area contributed by atoms with Gasteiger partial charge in [-0.05, 0) is 69.1 Å². The lowest BCUT2D eigenvalue weighted by molar-refractivity contribution is -0.123. The van der Waals surface area contributed by atoms with Gasteiger partial charge in [0, 0.05) is 22.2 Å². The van der Waals surface area contributed by atoms with Crippen molar-refractivity contribution in [2.45, 2.75) is 39.3 Å². The Hall–Kier alpha value is -3.39. The van der Waals surface area contributed by atoms with Crippen molar-refractivity contribution in [3.05, 3.63) is 76.8 Å². The Morgan fingerprint density at radius 3 is 2.16 bits per heavy atom. The van der Waals surface area contributed by atoms with E-state index >= 15 is 0 Å². The molecule has 0 saturated carbocycles. The average Bonchev–Trinajstić information content (AvgIpc) is 3.26. The summed E-state index contributed by atoms with van der Waals surface area (Å²) in [6, 6.07) is 14.7. The molecular weight excluding hydrogens is 412 g/mol. The quantitative estimate of drug-likeness (QED) is 0.589. The number of hydrogen-bond donors (Lipinski definition) is 1. The van der Waals surface area contributed by atoms with Gasteiger partial charge in [0.1, 0.15) is 6.04 Å². The molecule has 31 heavy (non-hydrogen) atoms. The fourth-order valence-electron chi connectivity index (χ4n) is 3.11. The summed E-state index contributed by atoms with van der Waals surface area (Å²) in [4.78, 5) is 40.0. The van der Waals surface area contributed by atoms with E-state index in [1.165, 1.54) is 11.8 Å². The zero-order valence-electron chi connectivity index (χ0n) is 17.8. The first-order chi connectivity index (χ1) is 14.7. The number of aromatic nitrogens is 2. The molecule has 160 valence electrons. The summed E-state index contributed by atoms with van der Waals surface area (Å²) in [6.07, 6.45) is 0. The molecule has 1 heterocycles. The van der Waals surface area contributed by atoms with Crippen molar-refractivity contribution in [3.8, 4) is 0 Å². The summed E-state index contributed by atoms with van der Waals surface area (Å²) in [5.41, 5.74) is 1.28. The second-order valence-electron chi connectivity index (χ2n) is 8.12. The van der Waals surface area contributed by atoms with E-state index in [0.29, 0.717) is 16.8 Å². The van der Waals surface area contributed by atoms with Gasteiger partial charge in [-0.1, -0.05) is 34.8 Å². The van der Waals surface area contributed by atoms with E-state index in [-0.39, 0.29) is 17.4 Å². The van der Waals surface area contributed by atoms with Gasteiger partial charge in [-0.2, -0.15) is 0 Å². The Bertz CT molecular complexity index is 1060. The molecule has 0 fully saturated rings. The molecule has 0 saturated heterocycles. The third kappa shape index (κ3) is 5.40. The first-order valence-corrected chi connectivity index (χ1v) is 10.6. The van der Waals surface area contributed by atoms with Crippen molar-refractivity contribution in [3.63, 3.8) is 0 Å². The van der Waals surface area contributed by atoms with E-state index < -0.39 is 17.5 Å². The molecule has 0 aliphatic rings. The van der Waals surface area contributed by atoms with Crippen LogP contribution in [0.3, 0.4) is 0 Å². The first-order valence-electron chi connectivity index (χ1n) is 9.76. The lowest BCUT2D eigenvalue weighted by Gasteiger charge is -2.33. The number of rotatable bonds is 6. The van der Waals surface area contributed by atoms with E-state index in [1.807, 2.05) is 39.0 Å². The highest BCUT2D eigenvalue weighted by Gasteiger charge is 2.35. The second-order valence-corrected chi connectivity index (χ2v) is 8.73. The van der Waals surface area contributed by atoms with E-state index in [9.17, 15) is 14.4 Å². The van der Waals surface area contributed by atoms with E-state index in [0.717, 1.165) is 11.5 Å². The molecule has 1 N–H and O–H groups in total. The molecule has 3 rings (SSSR count). The zero-order chi connectivity index (χ0) is 22.6. The highest BCUT2D eigenvalue weighted by molar-refractivity contribution is 7.03. The van der Waals surface area contributed by atoms with Crippen LogP contribution in [0.5, 0.6) is 0 Å². The van der Waals surface area contributed by atoms with Crippen LogP contribution in [0.4, 0.5) is 5.69 Å². The molecule has 0 bridgehead atoms. The number of Topliss-reactive ketones (excluding diaryl/α,β-unsaturated/α-hetero) is 1. The largest absolute Gasteiger partial charge is 0.349 e. The van der Waals surface area contributed by atoms with Crippen LogP contribution in [0.1, 0.15) is 60.1 Å². The van der Waals surface area contributed by atoms with Crippen LogP contribution >= 0.6 is 11.5 Å². The number of amides is 2. The van der Waals surface area contributed by atoms with Crippen molar-refractivity contribution < 1.29 is 14.4 Å². The molecule has 0 aliphatic carbocycles. The number of carbonyl (C=O) groups is 3. The highest BCUT2D eigenvalue weighted by Crippen LogP contribution is 2.30. The number of carbonyl (C=O) groups excluding carboxylic acids is 3. The minimum atomic E-state index is -0.946. The zero-order valence-corrected chi connectivity index (χ0v) is 18.6. The third-order valence-corrected chi connectivity index (χ3v) is 4.97. The van der Waals surface area contributed by atoms with Gasteiger partial charge in [0.2, 0.25) is 5.91 Å². The number of benzene rings is 2. The summed E-state index contributed by atoms with van der Waals surface area (Å²) in [6.45, 7) is 7.11. The Labute approximate surface area is 185 Å². The number of nitrogens with zero attached hydrogens (tertiary/aromatic N) is 3. The van der Waals surface area contributed by atoms with Gasteiger partial charge in [0.25, 0.3) is 5.91 Å². The molecule has 3 aromatic rings. The van der Waals surface area contributed by atoms with Gasteiger partial charge in [0.05, 0.1) is 0 Å². The molecule has 1 unspecified atom stereocenters. The molecule has 0 spiro atoms. The Kier molecular flexibility index (Phi) is 6.60. The summed E-state index contributed by atoms with van der Waals surface area (Å²) in [7, 11) is 0. The van der Waals surface area contributed by atoms with Crippen molar-refractivity contribution in [1.29, 1.82) is 0 Å². The summed E-state index contributed by atoms with van der Waals surface area (Å²) >= 11 is 1.06. The Morgan fingerprint density at radius 2 is 1.65 bits per heavy atom. The van der Waals surface area contributed by atoms with Crippen LogP contribution in [0.15, 0.2) is 60.0 Å². The van der Waals surface area contributed by atoms with Crippen LogP contribution in [0, 0.1) is 0 Å². The molecule has 8 heteroatoms. The molecule has 0 aliphatic heterocycles. The van der Waals surface area contributed by atoms with Crippen molar-refractivity contribution in [2.75, 3.05) is 4.90 Å². The Balaban J connectivity index is 2.15. The molecule has 0 radical (unpaired) electrons. The van der Waals surface area contributed by atoms with E-state index in [2.05, 4.69) is 14.9 Å². The lowest BCUT2D eigenvalue weighted by Crippen LogP contribution is -2.49. The number of nitrogens with one attached hydrogen (secondary N) is 1. The molecule has 7 nitrogen and oxygen atoms in total. The van der Waals surface area contributed by atoms with Gasteiger partial charge in [-0.3, -0.25) is 19.3 Å². The van der Waals surface area contributed by atoms with Crippen LogP contribution in [-0.2, 0) is 4.79 Å². The summed E-state index contributed by atoms with van der Waals surface area (Å²) in [5.74, 6) is -0.869. The molecular formula is C23H24N4O3S. The standard InChI is InChI=1S/C23H24N4O3S/c1-15(28)16-10-12-18(13-11-16)27(22(30)19-14-31-26-25-19)20(17-8-6-5-7-9-17)21(29)24-23(2,3)4/h5-14,20H,1-4H3,(H,24,29). The van der Waals surface area contributed by atoms with Gasteiger partial charge >= 0.3 is 0 Å². The monoisotopic (exact) mass is 436 g/mol. The van der Waals surface area contributed by atoms with Gasteiger partial charge < -0.3 is 5.32 Å². The van der Waals surface area contributed by atoms with Gasteiger partial charge in [0.15, 0.2) is 11.5 Å². The molecule has 1 atom stereocenters. The maximum absolute atomic E-state index is 13.5. The lowest BCUT2D eigenvalue weighted by atomic mass is 10.00. The summed E-state index contributed by atoms with van der Waals surface area (Å²) < 4.78 is 3.79. The fraction of sp³-hybridized carbons (Fsp3) is 0.261. The molecule has 1 aromatic heterocycles. The second kappa shape index (κ2) is 9.18. The average molecular weight is 437 g/mol.